The number of primary amides is 1. The van der Waals surface area contributed by atoms with Crippen molar-refractivity contribution in [2.75, 3.05) is 6.54 Å². The molecule has 1 aliphatic rings. The van der Waals surface area contributed by atoms with Gasteiger partial charge in [0, 0.05) is 11.6 Å². The molecule has 0 bridgehead atoms. The van der Waals surface area contributed by atoms with Crippen molar-refractivity contribution in [1.82, 2.24) is 4.90 Å². The van der Waals surface area contributed by atoms with Gasteiger partial charge in [0.2, 0.25) is 5.91 Å². The van der Waals surface area contributed by atoms with Crippen LogP contribution in [0.4, 0.5) is 0 Å². The lowest BCUT2D eigenvalue weighted by Gasteiger charge is -2.27. The topological polar surface area (TPSA) is 76.5 Å². The highest BCUT2D eigenvalue weighted by Crippen LogP contribution is 2.27. The van der Waals surface area contributed by atoms with Gasteiger partial charge in [-0.2, -0.15) is 0 Å². The summed E-state index contributed by atoms with van der Waals surface area (Å²) in [5.74, 6) is -0.475. The van der Waals surface area contributed by atoms with Gasteiger partial charge in [-0.05, 0) is 41.8 Å². The zero-order valence-electron chi connectivity index (χ0n) is 10.8. The first-order chi connectivity index (χ1) is 8.99. The van der Waals surface area contributed by atoms with Gasteiger partial charge in [-0.15, -0.1) is 0 Å². The summed E-state index contributed by atoms with van der Waals surface area (Å²) in [6, 6.07) is 1.83. The number of nitrogens with zero attached hydrogens (tertiary/aromatic N) is 1. The van der Waals surface area contributed by atoms with Crippen LogP contribution in [0.15, 0.2) is 15.2 Å². The lowest BCUT2D eigenvalue weighted by molar-refractivity contribution is -0.119. The van der Waals surface area contributed by atoms with Gasteiger partial charge in [0.25, 0.3) is 5.91 Å². The molecule has 0 aromatic carbocycles. The predicted octanol–water partition coefficient (Wildman–Crippen LogP) is 2.22. The van der Waals surface area contributed by atoms with E-state index in [9.17, 15) is 9.59 Å². The number of furan rings is 1. The number of nitrogens with two attached hydrogens (primary N) is 1. The van der Waals surface area contributed by atoms with Crippen molar-refractivity contribution in [2.45, 2.75) is 38.6 Å². The Labute approximate surface area is 120 Å². The monoisotopic (exact) mass is 328 g/mol. The van der Waals surface area contributed by atoms with Crippen LogP contribution in [0.1, 0.15) is 41.8 Å². The van der Waals surface area contributed by atoms with Gasteiger partial charge in [-0.3, -0.25) is 9.59 Å². The Kier molecular flexibility index (Phi) is 4.29. The number of hydrogen-bond acceptors (Lipinski definition) is 3. The second-order valence-corrected chi connectivity index (χ2v) is 5.68. The van der Waals surface area contributed by atoms with Crippen molar-refractivity contribution in [1.29, 1.82) is 0 Å². The lowest BCUT2D eigenvalue weighted by atomic mass is 10.1. The van der Waals surface area contributed by atoms with E-state index in [4.69, 9.17) is 10.2 Å². The third-order valence-corrected chi connectivity index (χ3v) is 3.83. The molecule has 0 aliphatic heterocycles. The van der Waals surface area contributed by atoms with Crippen LogP contribution in [0.3, 0.4) is 0 Å². The van der Waals surface area contributed by atoms with E-state index in [0.717, 1.165) is 31.2 Å². The largest absolute Gasteiger partial charge is 0.444 e. The van der Waals surface area contributed by atoms with Gasteiger partial charge in [-0.1, -0.05) is 12.8 Å². The van der Waals surface area contributed by atoms with E-state index in [1.54, 1.807) is 17.9 Å². The minimum Gasteiger partial charge on any atom is -0.444 e. The average molecular weight is 329 g/mol. The number of aryl methyl sites for hydroxylation is 1. The van der Waals surface area contributed by atoms with Crippen molar-refractivity contribution in [3.05, 3.63) is 22.1 Å². The molecule has 104 valence electrons. The number of halogens is 1. The quantitative estimate of drug-likeness (QED) is 0.920. The van der Waals surface area contributed by atoms with Gasteiger partial charge in [0.15, 0.2) is 10.4 Å². The molecule has 1 aromatic heterocycles. The lowest BCUT2D eigenvalue weighted by Crippen LogP contribution is -2.44. The molecule has 1 fully saturated rings. The molecular weight excluding hydrogens is 312 g/mol. The zero-order chi connectivity index (χ0) is 14.0. The van der Waals surface area contributed by atoms with Crippen molar-refractivity contribution >= 4 is 27.7 Å². The number of amides is 2. The Morgan fingerprint density at radius 2 is 2.11 bits per heavy atom. The van der Waals surface area contributed by atoms with Gasteiger partial charge in [0.1, 0.15) is 6.54 Å². The fourth-order valence-corrected chi connectivity index (χ4v) is 3.04. The first-order valence-corrected chi connectivity index (χ1v) is 7.13. The van der Waals surface area contributed by atoms with Crippen LogP contribution >= 0.6 is 15.9 Å². The molecule has 0 atom stereocenters. The normalized spacial score (nSPS) is 15.7. The van der Waals surface area contributed by atoms with Crippen molar-refractivity contribution in [2.24, 2.45) is 5.73 Å². The molecule has 1 saturated carbocycles. The van der Waals surface area contributed by atoms with Crippen LogP contribution in [-0.4, -0.2) is 29.3 Å². The van der Waals surface area contributed by atoms with E-state index >= 15 is 0 Å². The Hall–Kier alpha value is -1.30. The average Bonchev–Trinajstić information content (AvgIpc) is 2.94. The Morgan fingerprint density at radius 3 is 2.58 bits per heavy atom. The van der Waals surface area contributed by atoms with Crippen LogP contribution in [0.5, 0.6) is 0 Å². The SMILES string of the molecule is Cc1cc(Br)oc1C(=O)N(CC(N)=O)C1CCCC1. The summed E-state index contributed by atoms with van der Waals surface area (Å²) in [7, 11) is 0. The Bertz CT molecular complexity index is 492. The molecule has 1 aliphatic carbocycles. The smallest absolute Gasteiger partial charge is 0.290 e. The summed E-state index contributed by atoms with van der Waals surface area (Å²) in [4.78, 5) is 25.2. The third-order valence-electron chi connectivity index (χ3n) is 3.43. The molecule has 0 spiro atoms. The molecule has 2 N–H and O–H groups in total. The molecule has 6 heteroatoms. The van der Waals surface area contributed by atoms with E-state index in [2.05, 4.69) is 15.9 Å². The van der Waals surface area contributed by atoms with Crippen LogP contribution in [0.2, 0.25) is 0 Å². The molecule has 1 heterocycles. The van der Waals surface area contributed by atoms with Gasteiger partial charge in [-0.25, -0.2) is 0 Å². The highest BCUT2D eigenvalue weighted by molar-refractivity contribution is 9.10. The first-order valence-electron chi connectivity index (χ1n) is 6.34. The van der Waals surface area contributed by atoms with Crippen molar-refractivity contribution in [3.63, 3.8) is 0 Å². The minimum atomic E-state index is -0.497. The summed E-state index contributed by atoms with van der Waals surface area (Å²) < 4.78 is 5.88. The first kappa shape index (κ1) is 14.1. The van der Waals surface area contributed by atoms with Gasteiger partial charge >= 0.3 is 0 Å². The summed E-state index contributed by atoms with van der Waals surface area (Å²) in [6.07, 6.45) is 3.99. The van der Waals surface area contributed by atoms with Crippen LogP contribution < -0.4 is 5.73 Å². The number of rotatable bonds is 4. The maximum atomic E-state index is 12.5. The highest BCUT2D eigenvalue weighted by atomic mass is 79.9. The van der Waals surface area contributed by atoms with Crippen molar-refractivity contribution < 1.29 is 14.0 Å². The van der Waals surface area contributed by atoms with E-state index in [-0.39, 0.29) is 24.3 Å². The summed E-state index contributed by atoms with van der Waals surface area (Å²) >= 11 is 3.21. The molecule has 0 saturated heterocycles. The maximum absolute atomic E-state index is 12.5. The second-order valence-electron chi connectivity index (χ2n) is 4.90. The molecule has 2 rings (SSSR count). The van der Waals surface area contributed by atoms with Crippen LogP contribution in [-0.2, 0) is 4.79 Å². The van der Waals surface area contributed by atoms with Gasteiger partial charge in [0.05, 0.1) is 0 Å². The van der Waals surface area contributed by atoms with E-state index in [1.165, 1.54) is 0 Å². The predicted molar refractivity (Wildman–Crippen MR) is 73.6 cm³/mol. The fraction of sp³-hybridized carbons (Fsp3) is 0.538. The van der Waals surface area contributed by atoms with E-state index < -0.39 is 5.91 Å². The third kappa shape index (κ3) is 3.18. The second kappa shape index (κ2) is 5.77. The molecule has 5 nitrogen and oxygen atoms in total. The fourth-order valence-electron chi connectivity index (χ4n) is 2.54. The maximum Gasteiger partial charge on any atom is 0.290 e. The van der Waals surface area contributed by atoms with Gasteiger partial charge < -0.3 is 15.1 Å². The Balaban J connectivity index is 2.24. The molecule has 0 radical (unpaired) electrons. The minimum absolute atomic E-state index is 0.0543. The standard InChI is InChI=1S/C13H17BrN2O3/c1-8-6-10(14)19-12(8)13(18)16(7-11(15)17)9-4-2-3-5-9/h6,9H,2-5,7H2,1H3,(H2,15,17). The van der Waals surface area contributed by atoms with E-state index in [0.29, 0.717) is 4.67 Å². The summed E-state index contributed by atoms with van der Waals surface area (Å²) in [5.41, 5.74) is 6.00. The summed E-state index contributed by atoms with van der Waals surface area (Å²) in [6.45, 7) is 1.75. The number of carbonyl (C=O) groups excluding carboxylic acids is 2. The zero-order valence-corrected chi connectivity index (χ0v) is 12.4. The summed E-state index contributed by atoms with van der Waals surface area (Å²) in [5, 5.41) is 0. The highest BCUT2D eigenvalue weighted by Gasteiger charge is 2.31. The van der Waals surface area contributed by atoms with Crippen LogP contribution in [0.25, 0.3) is 0 Å². The van der Waals surface area contributed by atoms with Crippen molar-refractivity contribution in [3.8, 4) is 0 Å². The van der Waals surface area contributed by atoms with Crippen LogP contribution in [0, 0.1) is 6.92 Å². The molecular formula is C13H17BrN2O3. The molecule has 1 aromatic rings. The van der Waals surface area contributed by atoms with E-state index in [1.807, 2.05) is 0 Å². The molecule has 2 amide bonds. The number of hydrogen-bond donors (Lipinski definition) is 1. The molecule has 0 unspecified atom stereocenters. The Morgan fingerprint density at radius 1 is 1.47 bits per heavy atom. The molecule has 19 heavy (non-hydrogen) atoms. The number of carbonyl (C=O) groups is 2.